The molecule has 2 rings (SSSR count). The maximum Gasteiger partial charge on any atom is 0.166 e. The molecular formula is C13H10ClFO2. The molecule has 2 aromatic rings. The molecule has 0 aliphatic carbocycles. The Hall–Kier alpha value is -1.58. The van der Waals surface area contributed by atoms with E-state index in [4.69, 9.17) is 21.4 Å². The topological polar surface area (TPSA) is 29.5 Å². The van der Waals surface area contributed by atoms with Gasteiger partial charge in [-0.05, 0) is 29.8 Å². The number of hydrogen-bond donors (Lipinski definition) is 1. The van der Waals surface area contributed by atoms with Crippen molar-refractivity contribution in [1.82, 2.24) is 0 Å². The molecule has 1 N–H and O–H groups in total. The van der Waals surface area contributed by atoms with Crippen LogP contribution >= 0.6 is 11.6 Å². The van der Waals surface area contributed by atoms with Crippen molar-refractivity contribution < 1.29 is 14.2 Å². The van der Waals surface area contributed by atoms with Crippen molar-refractivity contribution in [3.8, 4) is 11.5 Å². The second-order valence-corrected chi connectivity index (χ2v) is 3.86. The third-order valence-electron chi connectivity index (χ3n) is 2.24. The third-order valence-corrected chi connectivity index (χ3v) is 2.55. The average molecular weight is 253 g/mol. The first kappa shape index (κ1) is 11.9. The molecule has 2 aromatic carbocycles. The highest BCUT2D eigenvalue weighted by Crippen LogP contribution is 2.30. The highest BCUT2D eigenvalue weighted by Gasteiger charge is 2.07. The van der Waals surface area contributed by atoms with Gasteiger partial charge in [0.05, 0.1) is 11.6 Å². The first-order chi connectivity index (χ1) is 8.20. The standard InChI is InChI=1S/C13H10ClFO2/c14-10-3-1-2-4-12(10)17-13-6-5-9(8-16)7-11(13)15/h1-7,16H,8H2. The molecule has 17 heavy (non-hydrogen) atoms. The summed E-state index contributed by atoms with van der Waals surface area (Å²) >= 11 is 5.90. The molecule has 0 spiro atoms. The van der Waals surface area contributed by atoms with E-state index < -0.39 is 5.82 Å². The lowest BCUT2D eigenvalue weighted by Crippen LogP contribution is -1.91. The molecule has 0 fully saturated rings. The SMILES string of the molecule is OCc1ccc(Oc2ccccc2Cl)c(F)c1. The highest BCUT2D eigenvalue weighted by atomic mass is 35.5. The van der Waals surface area contributed by atoms with Crippen molar-refractivity contribution >= 4 is 11.6 Å². The number of aliphatic hydroxyl groups excluding tert-OH is 1. The van der Waals surface area contributed by atoms with E-state index in [9.17, 15) is 4.39 Å². The molecule has 0 heterocycles. The monoisotopic (exact) mass is 252 g/mol. The van der Waals surface area contributed by atoms with Gasteiger partial charge in [0.1, 0.15) is 5.75 Å². The minimum Gasteiger partial charge on any atom is -0.453 e. The highest BCUT2D eigenvalue weighted by molar-refractivity contribution is 6.32. The van der Waals surface area contributed by atoms with Gasteiger partial charge in [0.25, 0.3) is 0 Å². The summed E-state index contributed by atoms with van der Waals surface area (Å²) in [7, 11) is 0. The van der Waals surface area contributed by atoms with Crippen molar-refractivity contribution in [3.63, 3.8) is 0 Å². The molecule has 2 nitrogen and oxygen atoms in total. The van der Waals surface area contributed by atoms with Crippen LogP contribution in [0.2, 0.25) is 5.02 Å². The Labute approximate surface area is 103 Å². The lowest BCUT2D eigenvalue weighted by atomic mass is 10.2. The van der Waals surface area contributed by atoms with Crippen molar-refractivity contribution in [1.29, 1.82) is 0 Å². The summed E-state index contributed by atoms with van der Waals surface area (Å²) in [4.78, 5) is 0. The predicted octanol–water partition coefficient (Wildman–Crippen LogP) is 3.76. The van der Waals surface area contributed by atoms with E-state index in [0.29, 0.717) is 16.3 Å². The zero-order chi connectivity index (χ0) is 12.3. The Kier molecular flexibility index (Phi) is 3.61. The van der Waals surface area contributed by atoms with E-state index in [-0.39, 0.29) is 12.4 Å². The minimum absolute atomic E-state index is 0.0790. The fourth-order valence-electron chi connectivity index (χ4n) is 1.37. The summed E-state index contributed by atoms with van der Waals surface area (Å²) < 4.78 is 18.9. The summed E-state index contributed by atoms with van der Waals surface area (Å²) in [6, 6.07) is 11.1. The molecule has 88 valence electrons. The Morgan fingerprint density at radius 1 is 1.12 bits per heavy atom. The zero-order valence-corrected chi connectivity index (χ0v) is 9.62. The van der Waals surface area contributed by atoms with Gasteiger partial charge in [-0.3, -0.25) is 0 Å². The van der Waals surface area contributed by atoms with Crippen LogP contribution < -0.4 is 4.74 Å². The zero-order valence-electron chi connectivity index (χ0n) is 8.86. The van der Waals surface area contributed by atoms with Crippen LogP contribution in [0.25, 0.3) is 0 Å². The number of aliphatic hydroxyl groups is 1. The fraction of sp³-hybridized carbons (Fsp3) is 0.0769. The number of halogens is 2. The first-order valence-corrected chi connectivity index (χ1v) is 5.40. The van der Waals surface area contributed by atoms with Crippen LogP contribution in [0.4, 0.5) is 4.39 Å². The van der Waals surface area contributed by atoms with Crippen molar-refractivity contribution in [2.45, 2.75) is 6.61 Å². The van der Waals surface area contributed by atoms with Crippen LogP contribution in [0.5, 0.6) is 11.5 Å². The van der Waals surface area contributed by atoms with Gasteiger partial charge in [-0.1, -0.05) is 29.8 Å². The molecule has 0 saturated heterocycles. The predicted molar refractivity (Wildman–Crippen MR) is 63.8 cm³/mol. The van der Waals surface area contributed by atoms with Gasteiger partial charge in [0, 0.05) is 0 Å². The van der Waals surface area contributed by atoms with Gasteiger partial charge in [0.15, 0.2) is 11.6 Å². The second-order valence-electron chi connectivity index (χ2n) is 3.46. The second kappa shape index (κ2) is 5.17. The van der Waals surface area contributed by atoms with Gasteiger partial charge in [0.2, 0.25) is 0 Å². The number of ether oxygens (including phenoxy) is 1. The lowest BCUT2D eigenvalue weighted by Gasteiger charge is -2.08. The number of para-hydroxylation sites is 1. The summed E-state index contributed by atoms with van der Waals surface area (Å²) in [6.07, 6.45) is 0. The van der Waals surface area contributed by atoms with Gasteiger partial charge >= 0.3 is 0 Å². The van der Waals surface area contributed by atoms with Crippen LogP contribution in [0.3, 0.4) is 0 Å². The summed E-state index contributed by atoms with van der Waals surface area (Å²) in [5, 5.41) is 9.27. The van der Waals surface area contributed by atoms with E-state index in [0.717, 1.165) is 0 Å². The van der Waals surface area contributed by atoms with Gasteiger partial charge in [-0.15, -0.1) is 0 Å². The number of benzene rings is 2. The van der Waals surface area contributed by atoms with Gasteiger partial charge in [-0.2, -0.15) is 0 Å². The summed E-state index contributed by atoms with van der Waals surface area (Å²) in [5.74, 6) is -0.0587. The van der Waals surface area contributed by atoms with Gasteiger partial charge < -0.3 is 9.84 Å². The van der Waals surface area contributed by atoms with E-state index in [2.05, 4.69) is 0 Å². The molecule has 0 saturated carbocycles. The van der Waals surface area contributed by atoms with Crippen molar-refractivity contribution in [2.75, 3.05) is 0 Å². The molecule has 0 radical (unpaired) electrons. The van der Waals surface area contributed by atoms with E-state index in [1.165, 1.54) is 12.1 Å². The Morgan fingerprint density at radius 2 is 1.88 bits per heavy atom. The molecule has 0 atom stereocenters. The van der Waals surface area contributed by atoms with Crippen LogP contribution in [0.1, 0.15) is 5.56 Å². The van der Waals surface area contributed by atoms with Crippen LogP contribution in [-0.4, -0.2) is 5.11 Å². The largest absolute Gasteiger partial charge is 0.453 e. The Morgan fingerprint density at radius 3 is 2.53 bits per heavy atom. The quantitative estimate of drug-likeness (QED) is 0.901. The van der Waals surface area contributed by atoms with Crippen molar-refractivity contribution in [3.05, 3.63) is 58.9 Å². The Bertz CT molecular complexity index is 529. The molecule has 0 amide bonds. The lowest BCUT2D eigenvalue weighted by molar-refractivity contribution is 0.281. The van der Waals surface area contributed by atoms with E-state index >= 15 is 0 Å². The summed E-state index contributed by atoms with van der Waals surface area (Å²) in [5.41, 5.74) is 0.494. The average Bonchev–Trinajstić information content (AvgIpc) is 2.34. The maximum absolute atomic E-state index is 13.6. The molecule has 0 aliphatic rings. The van der Waals surface area contributed by atoms with Crippen LogP contribution in [0, 0.1) is 5.82 Å². The molecule has 0 bridgehead atoms. The fourth-order valence-corrected chi connectivity index (χ4v) is 1.55. The van der Waals surface area contributed by atoms with Crippen molar-refractivity contribution in [2.24, 2.45) is 0 Å². The molecule has 0 aromatic heterocycles. The first-order valence-electron chi connectivity index (χ1n) is 5.02. The molecule has 0 unspecified atom stereocenters. The number of hydrogen-bond acceptors (Lipinski definition) is 2. The van der Waals surface area contributed by atoms with E-state index in [1.54, 1.807) is 30.3 Å². The molecule has 0 aliphatic heterocycles. The minimum atomic E-state index is -0.531. The molecular weight excluding hydrogens is 243 g/mol. The third kappa shape index (κ3) is 2.75. The van der Waals surface area contributed by atoms with Crippen LogP contribution in [0.15, 0.2) is 42.5 Å². The van der Waals surface area contributed by atoms with E-state index in [1.807, 2.05) is 0 Å². The smallest absolute Gasteiger partial charge is 0.166 e. The normalized spacial score (nSPS) is 10.3. The summed E-state index contributed by atoms with van der Waals surface area (Å²) in [6.45, 7) is -0.205. The number of rotatable bonds is 3. The maximum atomic E-state index is 13.6. The molecule has 4 heteroatoms. The van der Waals surface area contributed by atoms with Crippen LogP contribution in [-0.2, 0) is 6.61 Å². The Balaban J connectivity index is 2.28. The van der Waals surface area contributed by atoms with Gasteiger partial charge in [-0.25, -0.2) is 4.39 Å².